The molecule has 2 heterocycles. The molecule has 2 aromatic rings. The summed E-state index contributed by atoms with van der Waals surface area (Å²) in [6.07, 6.45) is -5.61. The summed E-state index contributed by atoms with van der Waals surface area (Å²) in [6.45, 7) is 2.29. The van der Waals surface area contributed by atoms with Gasteiger partial charge in [-0.05, 0) is 44.0 Å². The van der Waals surface area contributed by atoms with Gasteiger partial charge in [-0.2, -0.15) is 26.3 Å². The third-order valence-electron chi connectivity index (χ3n) is 5.19. The van der Waals surface area contributed by atoms with E-state index in [9.17, 15) is 31.1 Å². The summed E-state index contributed by atoms with van der Waals surface area (Å²) in [5.74, 6) is -0.925. The molecule has 4 nitrogen and oxygen atoms in total. The first-order valence-corrected chi connectivity index (χ1v) is 11.1. The van der Waals surface area contributed by atoms with Gasteiger partial charge in [-0.1, -0.05) is 24.6 Å². The molecule has 0 aliphatic carbocycles. The van der Waals surface area contributed by atoms with E-state index in [1.807, 2.05) is 0 Å². The van der Waals surface area contributed by atoms with E-state index in [0.29, 0.717) is 29.9 Å². The van der Waals surface area contributed by atoms with Gasteiger partial charge in [-0.25, -0.2) is 4.98 Å². The smallest absolute Gasteiger partial charge is 0.351 e. The third-order valence-corrected chi connectivity index (χ3v) is 6.30. The van der Waals surface area contributed by atoms with E-state index in [2.05, 4.69) is 15.2 Å². The number of hydrogen-bond acceptors (Lipinski definition) is 4. The summed E-state index contributed by atoms with van der Waals surface area (Å²) >= 11 is 0.717. The van der Waals surface area contributed by atoms with E-state index in [0.717, 1.165) is 44.5 Å². The lowest BCUT2D eigenvalue weighted by molar-refractivity contribution is -0.141. The minimum Gasteiger partial charge on any atom is -0.351 e. The number of thiazole rings is 1. The molecular weight excluding hydrogens is 456 g/mol. The molecule has 32 heavy (non-hydrogen) atoms. The minimum atomic E-state index is -4.77. The molecule has 176 valence electrons. The number of benzene rings is 1. The van der Waals surface area contributed by atoms with Crippen molar-refractivity contribution in [1.82, 2.24) is 15.2 Å². The fourth-order valence-electron chi connectivity index (χ4n) is 3.56. The quantitative estimate of drug-likeness (QED) is 0.557. The molecule has 0 radical (unpaired) electrons. The maximum absolute atomic E-state index is 13.4. The average molecular weight is 479 g/mol. The molecule has 0 bridgehead atoms. The minimum absolute atomic E-state index is 0.0532. The van der Waals surface area contributed by atoms with Crippen LogP contribution in [0.5, 0.6) is 0 Å². The van der Waals surface area contributed by atoms with Gasteiger partial charge in [0.25, 0.3) is 5.91 Å². The van der Waals surface area contributed by atoms with Crippen molar-refractivity contribution in [3.8, 4) is 0 Å². The second-order valence-corrected chi connectivity index (χ2v) is 8.72. The molecule has 0 unspecified atom stereocenters. The van der Waals surface area contributed by atoms with Crippen LogP contribution in [0.25, 0.3) is 0 Å². The Morgan fingerprint density at radius 3 is 2.41 bits per heavy atom. The number of likely N-dealkylation sites (tertiary alicyclic amines) is 1. The fourth-order valence-corrected chi connectivity index (χ4v) is 4.55. The summed E-state index contributed by atoms with van der Waals surface area (Å²) in [6, 6.07) is 4.60. The highest BCUT2D eigenvalue weighted by Crippen LogP contribution is 2.34. The first-order chi connectivity index (χ1) is 15.0. The molecule has 1 aliphatic rings. The number of amides is 1. The van der Waals surface area contributed by atoms with Crippen LogP contribution < -0.4 is 5.32 Å². The van der Waals surface area contributed by atoms with Gasteiger partial charge in [0.05, 0.1) is 10.6 Å². The van der Waals surface area contributed by atoms with Gasteiger partial charge in [-0.15, -0.1) is 11.3 Å². The van der Waals surface area contributed by atoms with Crippen LogP contribution in [0.15, 0.2) is 24.3 Å². The topological polar surface area (TPSA) is 45.2 Å². The van der Waals surface area contributed by atoms with Crippen molar-refractivity contribution in [1.29, 1.82) is 0 Å². The number of piperidine rings is 1. The Bertz CT molecular complexity index is 919. The van der Waals surface area contributed by atoms with Crippen molar-refractivity contribution in [2.45, 2.75) is 44.5 Å². The molecule has 1 aromatic carbocycles. The Labute approximate surface area is 185 Å². The van der Waals surface area contributed by atoms with Crippen molar-refractivity contribution < 1.29 is 31.1 Å². The van der Waals surface area contributed by atoms with Gasteiger partial charge in [0.1, 0.15) is 4.88 Å². The van der Waals surface area contributed by atoms with Crippen molar-refractivity contribution in [3.05, 3.63) is 51.0 Å². The van der Waals surface area contributed by atoms with Gasteiger partial charge >= 0.3 is 12.4 Å². The monoisotopic (exact) mass is 479 g/mol. The predicted octanol–water partition coefficient (Wildman–Crippen LogP) is 5.18. The van der Waals surface area contributed by atoms with Crippen molar-refractivity contribution >= 4 is 17.2 Å². The zero-order valence-electron chi connectivity index (χ0n) is 17.2. The first-order valence-electron chi connectivity index (χ1n) is 10.3. The molecule has 1 saturated heterocycles. The average Bonchev–Trinajstić information content (AvgIpc) is 3.18. The molecule has 1 aromatic heterocycles. The fraction of sp³-hybridized carbons (Fsp3) is 0.524. The van der Waals surface area contributed by atoms with E-state index < -0.39 is 34.4 Å². The van der Waals surface area contributed by atoms with Crippen LogP contribution in [0.2, 0.25) is 0 Å². The lowest BCUT2D eigenvalue weighted by Crippen LogP contribution is -2.31. The van der Waals surface area contributed by atoms with Gasteiger partial charge in [0.15, 0.2) is 5.69 Å². The number of aromatic nitrogens is 1. The lowest BCUT2D eigenvalue weighted by Gasteiger charge is -2.25. The van der Waals surface area contributed by atoms with Gasteiger partial charge < -0.3 is 10.2 Å². The molecule has 1 aliphatic heterocycles. The summed E-state index contributed by atoms with van der Waals surface area (Å²) in [4.78, 5) is 17.7. The van der Waals surface area contributed by atoms with Crippen LogP contribution in [-0.4, -0.2) is 42.0 Å². The predicted molar refractivity (Wildman–Crippen MR) is 109 cm³/mol. The molecule has 1 N–H and O–H groups in total. The van der Waals surface area contributed by atoms with Gasteiger partial charge in [0, 0.05) is 19.5 Å². The lowest BCUT2D eigenvalue weighted by atomic mass is 10.1. The molecule has 1 amide bonds. The Morgan fingerprint density at radius 1 is 1.03 bits per heavy atom. The maximum atomic E-state index is 13.4. The first kappa shape index (κ1) is 24.5. The molecule has 0 saturated carbocycles. The Balaban J connectivity index is 1.62. The Hall–Kier alpha value is -2.14. The van der Waals surface area contributed by atoms with E-state index in [1.165, 1.54) is 12.1 Å². The van der Waals surface area contributed by atoms with Crippen LogP contribution in [0.4, 0.5) is 26.3 Å². The zero-order chi connectivity index (χ0) is 23.4. The standard InChI is InChI=1S/C21H23F6N3OS/c22-20(23,24)15-6-4-5-14(13-15)7-9-28-19(31)17-18(21(25,26)27)29-16(32-17)8-12-30-10-2-1-3-11-30/h4-6,13H,1-3,7-12H2,(H,28,31). The molecule has 1 fully saturated rings. The number of hydrogen-bond donors (Lipinski definition) is 1. The van der Waals surface area contributed by atoms with E-state index in [4.69, 9.17) is 0 Å². The zero-order valence-corrected chi connectivity index (χ0v) is 18.0. The number of nitrogens with one attached hydrogen (secondary N) is 1. The van der Waals surface area contributed by atoms with Crippen molar-refractivity contribution in [2.24, 2.45) is 0 Å². The number of halogens is 6. The van der Waals surface area contributed by atoms with Crippen molar-refractivity contribution in [2.75, 3.05) is 26.2 Å². The van der Waals surface area contributed by atoms with E-state index in [-0.39, 0.29) is 18.0 Å². The molecule has 3 rings (SSSR count). The number of carbonyl (C=O) groups excluding carboxylic acids is 1. The number of carbonyl (C=O) groups is 1. The van der Waals surface area contributed by atoms with Crippen LogP contribution >= 0.6 is 11.3 Å². The van der Waals surface area contributed by atoms with Crippen LogP contribution in [0.3, 0.4) is 0 Å². The summed E-state index contributed by atoms with van der Waals surface area (Å²) in [5.41, 5.74) is -1.71. The summed E-state index contributed by atoms with van der Waals surface area (Å²) in [5, 5.41) is 2.62. The van der Waals surface area contributed by atoms with Crippen molar-refractivity contribution in [3.63, 3.8) is 0 Å². The van der Waals surface area contributed by atoms with Gasteiger partial charge in [0.2, 0.25) is 0 Å². The molecule has 0 spiro atoms. The summed E-state index contributed by atoms with van der Waals surface area (Å²) in [7, 11) is 0. The van der Waals surface area contributed by atoms with Gasteiger partial charge in [-0.3, -0.25) is 4.79 Å². The Kier molecular flexibility index (Phi) is 7.81. The number of alkyl halides is 6. The highest BCUT2D eigenvalue weighted by molar-refractivity contribution is 7.13. The van der Waals surface area contributed by atoms with Crippen LogP contribution in [0.1, 0.15) is 50.8 Å². The second kappa shape index (κ2) is 10.2. The SMILES string of the molecule is O=C(NCCc1cccc(C(F)(F)F)c1)c1sc(CCN2CCCCC2)nc1C(F)(F)F. The molecule has 0 atom stereocenters. The molecule has 11 heteroatoms. The third kappa shape index (κ3) is 6.68. The maximum Gasteiger partial charge on any atom is 0.435 e. The summed E-state index contributed by atoms with van der Waals surface area (Å²) < 4.78 is 78.6. The number of rotatable bonds is 7. The highest BCUT2D eigenvalue weighted by Gasteiger charge is 2.39. The normalized spacial score (nSPS) is 15.7. The van der Waals surface area contributed by atoms with Crippen LogP contribution in [0, 0.1) is 0 Å². The second-order valence-electron chi connectivity index (χ2n) is 7.64. The Morgan fingerprint density at radius 2 is 1.75 bits per heavy atom. The molecular formula is C21H23F6N3OS. The highest BCUT2D eigenvalue weighted by atomic mass is 32.1. The number of nitrogens with zero attached hydrogens (tertiary/aromatic N) is 2. The van der Waals surface area contributed by atoms with E-state index in [1.54, 1.807) is 0 Å². The van der Waals surface area contributed by atoms with Crippen LogP contribution in [-0.2, 0) is 25.2 Å². The largest absolute Gasteiger partial charge is 0.435 e. The van der Waals surface area contributed by atoms with E-state index >= 15 is 0 Å².